The van der Waals surface area contributed by atoms with Crippen molar-refractivity contribution >= 4 is 76.2 Å². The van der Waals surface area contributed by atoms with Crippen molar-refractivity contribution in [2.75, 3.05) is 24.5 Å². The van der Waals surface area contributed by atoms with Crippen molar-refractivity contribution in [3.8, 4) is 5.75 Å². The van der Waals surface area contributed by atoms with Crippen molar-refractivity contribution in [1.82, 2.24) is 5.32 Å². The smallest absolute Gasteiger partial charge is 0.303 e. The Bertz CT molecular complexity index is 2910. The molecule has 3 aliphatic heterocycles. The van der Waals surface area contributed by atoms with Crippen molar-refractivity contribution in [3.63, 3.8) is 0 Å². The van der Waals surface area contributed by atoms with Gasteiger partial charge in [0.05, 0.1) is 11.0 Å². The fraction of sp³-hybridized carbons (Fsp3) is 0.538. The van der Waals surface area contributed by atoms with Gasteiger partial charge in [-0.15, -0.1) is 0 Å². The summed E-state index contributed by atoms with van der Waals surface area (Å²) in [6.45, 7) is 18.5. The van der Waals surface area contributed by atoms with E-state index in [9.17, 15) is 58.4 Å². The maximum absolute atomic E-state index is 12.9. The molecule has 0 spiro atoms. The van der Waals surface area contributed by atoms with Crippen LogP contribution in [0.5, 0.6) is 5.75 Å². The number of carbonyl (C=O) groups is 3. The van der Waals surface area contributed by atoms with Gasteiger partial charge in [0.1, 0.15) is 29.1 Å². The van der Waals surface area contributed by atoms with Crippen LogP contribution in [0.3, 0.4) is 0 Å². The van der Waals surface area contributed by atoms with E-state index in [-0.39, 0.29) is 31.7 Å². The Kier molecular flexibility index (Phi) is 18.2. The minimum atomic E-state index is -5.16. The molecule has 2 unspecified atom stereocenters. The summed E-state index contributed by atoms with van der Waals surface area (Å²) in [7, 11) is -14.6. The summed E-state index contributed by atoms with van der Waals surface area (Å²) in [5.74, 6) is -0.233. The number of fused-ring (bicyclic) bond motifs is 3. The van der Waals surface area contributed by atoms with Gasteiger partial charge in [0.15, 0.2) is 5.71 Å². The predicted octanol–water partition coefficient (Wildman–Crippen LogP) is 8.75. The summed E-state index contributed by atoms with van der Waals surface area (Å²) >= 11 is 0. The molecule has 0 bridgehead atoms. The zero-order chi connectivity index (χ0) is 53.8. The van der Waals surface area contributed by atoms with Crippen molar-refractivity contribution < 1.29 is 67.7 Å². The number of carbonyl (C=O) groups excluding carboxylic acids is 2. The predicted molar refractivity (Wildman–Crippen MR) is 279 cm³/mol. The van der Waals surface area contributed by atoms with Gasteiger partial charge in [-0.2, -0.15) is 29.8 Å². The van der Waals surface area contributed by atoms with Gasteiger partial charge in [-0.1, -0.05) is 63.5 Å². The molecule has 17 nitrogen and oxygen atoms in total. The number of anilines is 1. The van der Waals surface area contributed by atoms with Crippen molar-refractivity contribution in [3.05, 3.63) is 88.7 Å². The van der Waals surface area contributed by atoms with Crippen molar-refractivity contribution in [2.24, 2.45) is 5.41 Å². The van der Waals surface area contributed by atoms with Crippen molar-refractivity contribution in [2.45, 2.75) is 154 Å². The number of Topliss-reactive ketones (excluding diaryl/α,β-unsaturated/α-hetero) is 1. The highest BCUT2D eigenvalue weighted by Gasteiger charge is 2.47. The molecule has 3 aliphatic rings. The minimum absolute atomic E-state index is 0.00883. The summed E-state index contributed by atoms with van der Waals surface area (Å²) in [5.41, 5.74) is 7.40. The fourth-order valence-electron chi connectivity index (χ4n) is 9.68. The largest absolute Gasteiger partial charge is 0.481 e. The molecule has 0 aromatic heterocycles. The lowest BCUT2D eigenvalue weighted by molar-refractivity contribution is -0.438. The lowest BCUT2D eigenvalue weighted by atomic mass is 9.74. The number of benzene rings is 2. The number of allylic oxidation sites excluding steroid dienone is 7. The Morgan fingerprint density at radius 1 is 0.847 bits per heavy atom. The van der Waals surface area contributed by atoms with E-state index in [0.29, 0.717) is 38.1 Å². The molecule has 2 atom stereocenters. The average molecular weight is 1060 g/mol. The highest BCUT2D eigenvalue weighted by Crippen LogP contribution is 2.48. The van der Waals surface area contributed by atoms with E-state index in [1.165, 1.54) is 6.92 Å². The van der Waals surface area contributed by atoms with E-state index in [4.69, 9.17) is 4.74 Å². The molecule has 0 saturated carbocycles. The minimum Gasteiger partial charge on any atom is -0.481 e. The molecule has 20 heteroatoms. The molecule has 1 amide bonds. The third-order valence-corrected chi connectivity index (χ3v) is 18.1. The number of hydrogen-bond donors (Lipinski definition) is 5. The molecule has 72 heavy (non-hydrogen) atoms. The number of ether oxygens (including phenoxy) is 1. The first-order valence-corrected chi connectivity index (χ1v) is 28.8. The van der Waals surface area contributed by atoms with Gasteiger partial charge in [-0.05, 0) is 96.6 Å². The summed E-state index contributed by atoms with van der Waals surface area (Å²) in [5, 5.41) is 10.8. The lowest BCUT2D eigenvalue weighted by Gasteiger charge is -2.44. The number of aliphatic carboxylic acids is 1. The van der Waals surface area contributed by atoms with Gasteiger partial charge in [0.25, 0.3) is 30.4 Å². The van der Waals surface area contributed by atoms with Crippen LogP contribution in [-0.2, 0) is 50.2 Å². The van der Waals surface area contributed by atoms with E-state index in [0.717, 1.165) is 75.5 Å². The molecular weight excluding hydrogens is 987 g/mol. The Morgan fingerprint density at radius 2 is 1.53 bits per heavy atom. The molecule has 0 fully saturated rings. The van der Waals surface area contributed by atoms with E-state index in [1.54, 1.807) is 0 Å². The van der Waals surface area contributed by atoms with Crippen LogP contribution in [0.15, 0.2) is 66.5 Å². The van der Waals surface area contributed by atoms with E-state index < -0.39 is 81.1 Å². The van der Waals surface area contributed by atoms with E-state index >= 15 is 0 Å². The number of ketones is 1. The van der Waals surface area contributed by atoms with Gasteiger partial charge in [0, 0.05) is 91.2 Å². The van der Waals surface area contributed by atoms with Crippen LogP contribution < -0.4 is 15.0 Å². The summed E-state index contributed by atoms with van der Waals surface area (Å²) in [4.78, 5) is 39.3. The first kappa shape index (κ1) is 57.9. The topological polar surface area (TPSA) is 262 Å². The molecule has 3 heterocycles. The Labute approximate surface area is 425 Å². The molecule has 2 aromatic rings. The molecule has 2 aromatic carbocycles. The van der Waals surface area contributed by atoms with Gasteiger partial charge >= 0.3 is 5.97 Å². The van der Waals surface area contributed by atoms with Crippen LogP contribution in [0, 0.1) is 12.3 Å². The Hall–Kier alpha value is -4.99. The zero-order valence-electron chi connectivity index (χ0n) is 42.8. The molecule has 396 valence electrons. The number of amides is 1. The highest BCUT2D eigenvalue weighted by atomic mass is 32.3. The summed E-state index contributed by atoms with van der Waals surface area (Å²) < 4.78 is 104. The van der Waals surface area contributed by atoms with Crippen molar-refractivity contribution in [1.29, 1.82) is 0 Å². The van der Waals surface area contributed by atoms with Crippen LogP contribution in [0.4, 0.5) is 11.4 Å². The normalized spacial score (nSPS) is 18.9. The number of nitrogens with zero attached hydrogens (tertiary/aromatic N) is 2. The fourth-order valence-corrected chi connectivity index (χ4v) is 12.0. The van der Waals surface area contributed by atoms with Crippen LogP contribution >= 0.6 is 0 Å². The van der Waals surface area contributed by atoms with Crippen LogP contribution in [0.2, 0.25) is 0 Å². The lowest BCUT2D eigenvalue weighted by Crippen LogP contribution is -2.45. The maximum Gasteiger partial charge on any atom is 0.303 e. The number of hydrogen-bond acceptors (Lipinski definition) is 11. The van der Waals surface area contributed by atoms with Crippen LogP contribution in [-0.4, -0.2) is 107 Å². The third kappa shape index (κ3) is 14.4. The first-order valence-electron chi connectivity index (χ1n) is 24.3. The molecule has 0 aliphatic carbocycles. The summed E-state index contributed by atoms with van der Waals surface area (Å²) in [6, 6.07) is 10.4. The monoisotopic (exact) mass is 1060 g/mol. The zero-order valence-corrected chi connectivity index (χ0v) is 45.3. The SMILES string of the molecule is CC1=CC(C)(C)N(CCCC(=O)CCC(S(=O)(=O)O)S(=O)(=O)O)c2cc3c(cc21)C(=CC=CC1=[N+](CCCC(=O)NCC(C)S(=O)(=O)O)c2ccc(C)cc2C1(C)CCCCCC(=O)O)C=C(C(C)(C)C)O3. The van der Waals surface area contributed by atoms with E-state index in [2.05, 4.69) is 98.8 Å². The maximum atomic E-state index is 12.9. The Morgan fingerprint density at radius 3 is 2.15 bits per heavy atom. The molecule has 5 rings (SSSR count). The highest BCUT2D eigenvalue weighted by molar-refractivity contribution is 8.03. The number of carboxylic acid groups (broad SMARTS) is 1. The number of aryl methyl sites for hydroxylation is 1. The van der Waals surface area contributed by atoms with Gasteiger partial charge in [-0.3, -0.25) is 28.0 Å². The summed E-state index contributed by atoms with van der Waals surface area (Å²) in [6.07, 6.45) is 12.9. The van der Waals surface area contributed by atoms with Crippen LogP contribution in [0.25, 0.3) is 11.1 Å². The molecular formula is C52H72N3O14S3+. The number of nitrogens with one attached hydrogen (secondary N) is 1. The quantitative estimate of drug-likeness (QED) is 0.0374. The van der Waals surface area contributed by atoms with Crippen LogP contribution in [0.1, 0.15) is 148 Å². The molecule has 0 saturated heterocycles. The Balaban J connectivity index is 1.51. The second-order valence-electron chi connectivity index (χ2n) is 21.1. The standard InChI is InChI=1S/C52H71N3O14S3/c1-34-21-23-42-41(28-34)52(9,25-12-10-11-20-48(58)59)45(54(42)26-15-19-47(57)53-33-36(3)70(60,61)62)18-13-16-37-29-46(50(4,5)6)69-44-31-43-39(30-40(37)44)35(2)32-51(7,8)55(43)27-14-17-38(56)22-24-49(71(63,64)65)72(66,67)68/h13,16,18,21,23,28-32,36,49H,10-12,14-15,17,19-20,22,24-27,33H2,1-9H3,(H4-,53,57,58,59,60,61,62,63,64,65,66,67,68)/p+1. The number of rotatable bonds is 24. The first-order chi connectivity index (χ1) is 33.2. The number of unbranched alkanes of at least 4 members (excludes halogenated alkanes) is 2. The third-order valence-electron chi connectivity index (χ3n) is 13.7. The van der Waals surface area contributed by atoms with Gasteiger partial charge in [0.2, 0.25) is 16.2 Å². The van der Waals surface area contributed by atoms with E-state index in [1.807, 2.05) is 32.1 Å². The molecule has 0 radical (unpaired) electrons. The van der Waals surface area contributed by atoms with Gasteiger partial charge in [-0.25, -0.2) is 0 Å². The second kappa shape index (κ2) is 22.6. The number of carboxylic acids is 1. The average Bonchev–Trinajstić information content (AvgIpc) is 3.46. The molecule has 5 N–H and O–H groups in total. The van der Waals surface area contributed by atoms with Gasteiger partial charge < -0.3 is 20.1 Å². The second-order valence-corrected chi connectivity index (χ2v) is 26.4.